The van der Waals surface area contributed by atoms with Crippen LogP contribution < -0.4 is 26.2 Å². The van der Waals surface area contributed by atoms with Crippen molar-refractivity contribution < 1.29 is 0 Å². The molecular weight excluding hydrogens is 976 g/mol. The van der Waals surface area contributed by atoms with Crippen LogP contribution in [-0.2, 0) is 0 Å². The molecule has 81 heavy (non-hydrogen) atoms. The molecule has 0 fully saturated rings. The van der Waals surface area contributed by atoms with Gasteiger partial charge in [0.2, 0.25) is 0 Å². The Hall–Kier alpha value is -10.5. The lowest BCUT2D eigenvalue weighted by atomic mass is 9.33. The lowest BCUT2D eigenvalue weighted by Gasteiger charge is -2.45. The molecule has 13 aromatic carbocycles. The predicted molar refractivity (Wildman–Crippen MR) is 344 cm³/mol. The minimum Gasteiger partial charge on any atom is -0.310 e. The average molecular weight is 1030 g/mol. The van der Waals surface area contributed by atoms with Gasteiger partial charge in [0.1, 0.15) is 0 Å². The second-order valence-corrected chi connectivity index (χ2v) is 21.0. The zero-order valence-corrected chi connectivity index (χ0v) is 44.6. The predicted octanol–water partition coefficient (Wildman–Crippen LogP) is 19.1. The highest BCUT2D eigenvalue weighted by Gasteiger charge is 2.44. The monoisotopic (exact) mass is 1030 g/mol. The zero-order chi connectivity index (χ0) is 53.6. The Bertz CT molecular complexity index is 4160. The van der Waals surface area contributed by atoms with E-state index in [4.69, 9.17) is 0 Å². The Morgan fingerprint density at radius 2 is 0.395 bits per heavy atom. The quantitative estimate of drug-likeness (QED) is 0.126. The molecule has 0 aromatic heterocycles. The van der Waals surface area contributed by atoms with Gasteiger partial charge in [0, 0.05) is 45.0 Å². The number of nitrogens with zero attached hydrogens (tertiary/aromatic N) is 2. The Morgan fingerprint density at radius 1 is 0.173 bits per heavy atom. The van der Waals surface area contributed by atoms with Crippen molar-refractivity contribution >= 4 is 57.2 Å². The molecule has 0 atom stereocenters. The third-order valence-corrected chi connectivity index (χ3v) is 16.5. The summed E-state index contributed by atoms with van der Waals surface area (Å²) in [7, 11) is 0. The molecular formula is C78H53BN2. The van der Waals surface area contributed by atoms with Gasteiger partial charge in [-0.25, -0.2) is 0 Å². The van der Waals surface area contributed by atoms with E-state index in [0.29, 0.717) is 0 Å². The summed E-state index contributed by atoms with van der Waals surface area (Å²) < 4.78 is 0. The molecule has 0 bridgehead atoms. The van der Waals surface area contributed by atoms with Crippen LogP contribution in [0.5, 0.6) is 0 Å². The van der Waals surface area contributed by atoms with Gasteiger partial charge in [-0.1, -0.05) is 297 Å². The third kappa shape index (κ3) is 8.29. The van der Waals surface area contributed by atoms with Crippen LogP contribution in [0.15, 0.2) is 322 Å². The van der Waals surface area contributed by atoms with Crippen molar-refractivity contribution in [2.24, 2.45) is 0 Å². The molecule has 0 N–H and O–H groups in total. The Kier molecular flexibility index (Phi) is 12.0. The second-order valence-electron chi connectivity index (χ2n) is 21.0. The van der Waals surface area contributed by atoms with Gasteiger partial charge in [0.15, 0.2) is 0 Å². The van der Waals surface area contributed by atoms with Crippen molar-refractivity contribution in [1.29, 1.82) is 0 Å². The first-order valence-electron chi connectivity index (χ1n) is 28.0. The van der Waals surface area contributed by atoms with E-state index in [0.717, 1.165) is 67.3 Å². The summed E-state index contributed by atoms with van der Waals surface area (Å²) in [6.07, 6.45) is 0. The molecule has 13 aromatic rings. The van der Waals surface area contributed by atoms with Crippen LogP contribution >= 0.6 is 0 Å². The molecule has 15 rings (SSSR count). The van der Waals surface area contributed by atoms with E-state index < -0.39 is 0 Å². The van der Waals surface area contributed by atoms with Crippen molar-refractivity contribution in [3.63, 3.8) is 0 Å². The van der Waals surface area contributed by atoms with Crippen molar-refractivity contribution in [2.45, 2.75) is 0 Å². The van der Waals surface area contributed by atoms with E-state index in [-0.39, 0.29) is 6.71 Å². The van der Waals surface area contributed by atoms with Crippen molar-refractivity contribution in [1.82, 2.24) is 0 Å². The molecule has 378 valence electrons. The maximum Gasteiger partial charge on any atom is 0.252 e. The van der Waals surface area contributed by atoms with E-state index >= 15 is 0 Å². The van der Waals surface area contributed by atoms with Gasteiger partial charge in [0.25, 0.3) is 6.71 Å². The molecule has 0 unspecified atom stereocenters. The molecule has 0 radical (unpaired) electrons. The van der Waals surface area contributed by atoms with E-state index in [1.165, 1.54) is 72.3 Å². The zero-order valence-electron chi connectivity index (χ0n) is 44.6. The summed E-state index contributed by atoms with van der Waals surface area (Å²) in [5.41, 5.74) is 29.7. The molecule has 0 saturated heterocycles. The van der Waals surface area contributed by atoms with Crippen molar-refractivity contribution in [3.05, 3.63) is 322 Å². The maximum absolute atomic E-state index is 2.59. The van der Waals surface area contributed by atoms with Crippen LogP contribution in [0.1, 0.15) is 0 Å². The molecule has 2 nitrogen and oxygen atoms in total. The number of anilines is 6. The summed E-state index contributed by atoms with van der Waals surface area (Å²) in [6, 6.07) is 118. The fourth-order valence-electron chi connectivity index (χ4n) is 12.9. The van der Waals surface area contributed by atoms with E-state index in [1.54, 1.807) is 0 Å². The maximum atomic E-state index is 2.59. The SMILES string of the molecule is c1ccc(-c2ccccc2-c2ccc(-c3cccc(-c4ccccc4)c3N3c4ccccc4B4c5ccccc5N(c5c(-c6ccccc6)cccc5-c5ccc(-c6ccccc6-c6ccccc6)cc5)c5cccc3c54)cc2)cc1. The molecule has 2 aliphatic rings. The van der Waals surface area contributed by atoms with Crippen LogP contribution in [0.4, 0.5) is 34.1 Å². The number of benzene rings is 13. The summed E-state index contributed by atoms with van der Waals surface area (Å²) in [5.74, 6) is 0. The van der Waals surface area contributed by atoms with Gasteiger partial charge in [0.05, 0.1) is 11.4 Å². The second kappa shape index (κ2) is 20.4. The molecule has 0 amide bonds. The fourth-order valence-corrected chi connectivity index (χ4v) is 12.9. The van der Waals surface area contributed by atoms with Crippen LogP contribution in [0.3, 0.4) is 0 Å². The minimum atomic E-state index is -0.0382. The highest BCUT2D eigenvalue weighted by molar-refractivity contribution is 7.00. The largest absolute Gasteiger partial charge is 0.310 e. The standard InChI is InChI=1S/C78H53BN2/c1-5-24-54(25-6-1)62-32-13-15-34-64(62)58-46-50-60(51-47-58)68-38-21-36-66(56-28-9-3-10-29-56)77(68)80-72-42-19-17-40-70(72)79-71-41-18-20-43-73(71)81(75-45-23-44-74(80)76(75)79)78-67(57-30-11-4-12-31-57)37-22-39-69(78)61-52-48-59(49-53-61)65-35-16-14-33-63(65)55-26-7-2-8-27-55/h1-53H. The Morgan fingerprint density at radius 3 is 0.728 bits per heavy atom. The number of hydrogen-bond donors (Lipinski definition) is 0. The summed E-state index contributed by atoms with van der Waals surface area (Å²) in [5, 5.41) is 0. The van der Waals surface area contributed by atoms with Gasteiger partial charge < -0.3 is 9.80 Å². The fraction of sp³-hybridized carbons (Fsp3) is 0. The van der Waals surface area contributed by atoms with Crippen LogP contribution in [-0.4, -0.2) is 6.71 Å². The average Bonchev–Trinajstić information content (AvgIpc) is 2.60. The van der Waals surface area contributed by atoms with Gasteiger partial charge >= 0.3 is 0 Å². The van der Waals surface area contributed by atoms with Gasteiger partial charge in [-0.05, 0) is 107 Å². The lowest BCUT2D eigenvalue weighted by molar-refractivity contribution is 1.25. The third-order valence-electron chi connectivity index (χ3n) is 16.5. The highest BCUT2D eigenvalue weighted by Crippen LogP contribution is 2.52. The number of fused-ring (bicyclic) bond motifs is 4. The van der Waals surface area contributed by atoms with Gasteiger partial charge in [-0.2, -0.15) is 0 Å². The smallest absolute Gasteiger partial charge is 0.252 e. The van der Waals surface area contributed by atoms with Gasteiger partial charge in [-0.3, -0.25) is 0 Å². The first kappa shape index (κ1) is 47.7. The molecule has 0 saturated carbocycles. The molecule has 3 heteroatoms. The molecule has 2 heterocycles. The number of rotatable bonds is 10. The normalized spacial score (nSPS) is 12.1. The van der Waals surface area contributed by atoms with Crippen molar-refractivity contribution in [3.8, 4) is 89.0 Å². The topological polar surface area (TPSA) is 6.48 Å². The van der Waals surface area contributed by atoms with Crippen LogP contribution in [0.25, 0.3) is 89.0 Å². The number of hydrogen-bond acceptors (Lipinski definition) is 2. The minimum absolute atomic E-state index is 0.0382. The molecule has 2 aliphatic heterocycles. The Balaban J connectivity index is 0.935. The van der Waals surface area contributed by atoms with Gasteiger partial charge in [-0.15, -0.1) is 0 Å². The summed E-state index contributed by atoms with van der Waals surface area (Å²) in [4.78, 5) is 5.17. The van der Waals surface area contributed by atoms with E-state index in [2.05, 4.69) is 331 Å². The summed E-state index contributed by atoms with van der Waals surface area (Å²) in [6.45, 7) is -0.0382. The van der Waals surface area contributed by atoms with E-state index in [1.807, 2.05) is 0 Å². The van der Waals surface area contributed by atoms with Crippen molar-refractivity contribution in [2.75, 3.05) is 9.80 Å². The van der Waals surface area contributed by atoms with E-state index in [9.17, 15) is 0 Å². The first-order valence-corrected chi connectivity index (χ1v) is 28.0. The Labute approximate surface area is 474 Å². The highest BCUT2D eigenvalue weighted by atomic mass is 15.2. The van der Waals surface area contributed by atoms with Crippen LogP contribution in [0, 0.1) is 0 Å². The molecule has 0 spiro atoms. The molecule has 0 aliphatic carbocycles. The lowest BCUT2D eigenvalue weighted by Crippen LogP contribution is -2.61. The summed E-state index contributed by atoms with van der Waals surface area (Å²) >= 11 is 0. The first-order chi connectivity index (χ1) is 40.2. The van der Waals surface area contributed by atoms with Crippen LogP contribution in [0.2, 0.25) is 0 Å². The number of para-hydroxylation sites is 4.